The maximum atomic E-state index is 5.33. The Hall–Kier alpha value is -0.380. The molecule has 0 spiro atoms. The molecule has 1 aliphatic rings. The van der Waals surface area contributed by atoms with E-state index in [2.05, 4.69) is 31.3 Å². The van der Waals surface area contributed by atoms with Crippen LogP contribution >= 0.6 is 11.3 Å². The lowest BCUT2D eigenvalue weighted by molar-refractivity contribution is 0.190. The Bertz CT molecular complexity index is 302. The van der Waals surface area contributed by atoms with Crippen LogP contribution in [-0.2, 0) is 11.3 Å². The number of rotatable bonds is 4. The Morgan fingerprint density at radius 1 is 1.53 bits per heavy atom. The highest BCUT2D eigenvalue weighted by Gasteiger charge is 2.14. The van der Waals surface area contributed by atoms with E-state index in [-0.39, 0.29) is 0 Å². The lowest BCUT2D eigenvalue weighted by atomic mass is 10.2. The summed E-state index contributed by atoms with van der Waals surface area (Å²) in [7, 11) is 0. The molecule has 1 fully saturated rings. The van der Waals surface area contributed by atoms with Crippen LogP contribution in [0.2, 0.25) is 0 Å². The first kappa shape index (κ1) is 11.1. The van der Waals surface area contributed by atoms with Gasteiger partial charge in [0.15, 0.2) is 0 Å². The van der Waals surface area contributed by atoms with Gasteiger partial charge in [-0.2, -0.15) is 0 Å². The van der Waals surface area contributed by atoms with Crippen LogP contribution in [0.25, 0.3) is 0 Å². The maximum Gasteiger partial charge on any atom is 0.0620 e. The van der Waals surface area contributed by atoms with Crippen molar-refractivity contribution in [1.82, 2.24) is 5.32 Å². The Morgan fingerprint density at radius 2 is 2.40 bits per heavy atom. The van der Waals surface area contributed by atoms with E-state index in [1.165, 1.54) is 9.75 Å². The molecule has 1 aliphatic heterocycles. The summed E-state index contributed by atoms with van der Waals surface area (Å²) in [6, 6.07) is 5.05. The number of hydrogen-bond donors (Lipinski definition) is 1. The lowest BCUT2D eigenvalue weighted by Crippen LogP contribution is -2.28. The van der Waals surface area contributed by atoms with Gasteiger partial charge in [-0.25, -0.2) is 0 Å². The third-order valence-electron chi connectivity index (χ3n) is 2.75. The van der Waals surface area contributed by atoms with Crippen LogP contribution in [-0.4, -0.2) is 19.3 Å². The molecule has 1 N–H and O–H groups in total. The van der Waals surface area contributed by atoms with E-state index in [0.29, 0.717) is 12.0 Å². The van der Waals surface area contributed by atoms with Gasteiger partial charge in [0, 0.05) is 28.9 Å². The molecule has 0 amide bonds. The molecule has 84 valence electrons. The molecule has 1 aromatic rings. The molecule has 2 rings (SSSR count). The average molecular weight is 225 g/mol. The molecule has 1 atom stereocenters. The van der Waals surface area contributed by atoms with Crippen molar-refractivity contribution in [3.05, 3.63) is 21.9 Å². The van der Waals surface area contributed by atoms with Gasteiger partial charge in [0.05, 0.1) is 6.61 Å². The monoisotopic (exact) mass is 225 g/mol. The second-order valence-corrected chi connectivity index (χ2v) is 5.60. The van der Waals surface area contributed by atoms with Crippen molar-refractivity contribution in [2.45, 2.75) is 38.8 Å². The van der Waals surface area contributed by atoms with Crippen molar-refractivity contribution in [2.75, 3.05) is 13.2 Å². The van der Waals surface area contributed by atoms with E-state index in [1.54, 1.807) is 0 Å². The van der Waals surface area contributed by atoms with Crippen molar-refractivity contribution in [3.63, 3.8) is 0 Å². The summed E-state index contributed by atoms with van der Waals surface area (Å²) < 4.78 is 5.33. The highest BCUT2D eigenvalue weighted by Crippen LogP contribution is 2.24. The lowest BCUT2D eigenvalue weighted by Gasteiger charge is -2.08. The molecule has 1 saturated heterocycles. The number of thiophene rings is 1. The van der Waals surface area contributed by atoms with Crippen molar-refractivity contribution in [3.8, 4) is 0 Å². The molecule has 2 heterocycles. The van der Waals surface area contributed by atoms with Crippen LogP contribution in [0.15, 0.2) is 12.1 Å². The topological polar surface area (TPSA) is 21.3 Å². The molecule has 0 radical (unpaired) electrons. The van der Waals surface area contributed by atoms with E-state index in [9.17, 15) is 0 Å². The smallest absolute Gasteiger partial charge is 0.0620 e. The van der Waals surface area contributed by atoms with Gasteiger partial charge < -0.3 is 10.1 Å². The number of nitrogens with one attached hydrogen (secondary N) is 1. The molecular formula is C12H19NOS. The van der Waals surface area contributed by atoms with Gasteiger partial charge in [-0.05, 0) is 24.5 Å². The first-order valence-electron chi connectivity index (χ1n) is 5.65. The van der Waals surface area contributed by atoms with Crippen LogP contribution in [0.1, 0.15) is 35.9 Å². The Kier molecular flexibility index (Phi) is 3.78. The second kappa shape index (κ2) is 5.10. The summed E-state index contributed by atoms with van der Waals surface area (Å²) in [6.07, 6.45) is 1.16. The van der Waals surface area contributed by atoms with E-state index in [4.69, 9.17) is 4.74 Å². The highest BCUT2D eigenvalue weighted by molar-refractivity contribution is 7.12. The normalized spacial score (nSPS) is 21.4. The minimum atomic E-state index is 0.564. The SMILES string of the molecule is CC(C)c1ccc(CN[C@@H]2CCOC2)s1. The van der Waals surface area contributed by atoms with Gasteiger partial charge in [0.25, 0.3) is 0 Å². The molecule has 0 aromatic carbocycles. The molecule has 0 aliphatic carbocycles. The zero-order valence-electron chi connectivity index (χ0n) is 9.45. The summed E-state index contributed by atoms with van der Waals surface area (Å²) in [6.45, 7) is 7.27. The predicted molar refractivity (Wildman–Crippen MR) is 64.5 cm³/mol. The molecule has 3 heteroatoms. The van der Waals surface area contributed by atoms with E-state index in [0.717, 1.165) is 26.2 Å². The van der Waals surface area contributed by atoms with Gasteiger partial charge in [-0.1, -0.05) is 13.8 Å². The van der Waals surface area contributed by atoms with Gasteiger partial charge in [0.2, 0.25) is 0 Å². The largest absolute Gasteiger partial charge is 0.380 e. The van der Waals surface area contributed by atoms with Crippen LogP contribution < -0.4 is 5.32 Å². The fourth-order valence-corrected chi connectivity index (χ4v) is 2.71. The van der Waals surface area contributed by atoms with Crippen molar-refractivity contribution < 1.29 is 4.74 Å². The zero-order valence-corrected chi connectivity index (χ0v) is 10.3. The van der Waals surface area contributed by atoms with Crippen molar-refractivity contribution in [1.29, 1.82) is 0 Å². The number of ether oxygens (including phenoxy) is 1. The molecule has 15 heavy (non-hydrogen) atoms. The third kappa shape index (κ3) is 3.03. The first-order chi connectivity index (χ1) is 7.25. The van der Waals surface area contributed by atoms with Crippen LogP contribution in [0.4, 0.5) is 0 Å². The fraction of sp³-hybridized carbons (Fsp3) is 0.667. The highest BCUT2D eigenvalue weighted by atomic mass is 32.1. The van der Waals surface area contributed by atoms with E-state index >= 15 is 0 Å². The van der Waals surface area contributed by atoms with Gasteiger partial charge in [0.1, 0.15) is 0 Å². The Balaban J connectivity index is 1.82. The fourth-order valence-electron chi connectivity index (χ4n) is 1.74. The standard InChI is InChI=1S/C12H19NOS/c1-9(2)12-4-3-11(15-12)7-13-10-5-6-14-8-10/h3-4,9-10,13H,5-8H2,1-2H3/t10-/m1/s1. The molecule has 1 aromatic heterocycles. The van der Waals surface area contributed by atoms with Crippen LogP contribution in [0.3, 0.4) is 0 Å². The average Bonchev–Trinajstić information content (AvgIpc) is 2.86. The van der Waals surface area contributed by atoms with Gasteiger partial charge in [-0.15, -0.1) is 11.3 Å². The number of hydrogen-bond acceptors (Lipinski definition) is 3. The summed E-state index contributed by atoms with van der Waals surface area (Å²) >= 11 is 1.92. The van der Waals surface area contributed by atoms with E-state index in [1.807, 2.05) is 11.3 Å². The minimum absolute atomic E-state index is 0.564. The van der Waals surface area contributed by atoms with Crippen LogP contribution in [0, 0.1) is 0 Å². The van der Waals surface area contributed by atoms with Crippen LogP contribution in [0.5, 0.6) is 0 Å². The predicted octanol–water partition coefficient (Wildman–Crippen LogP) is 2.75. The van der Waals surface area contributed by atoms with Crippen molar-refractivity contribution >= 4 is 11.3 Å². The van der Waals surface area contributed by atoms with E-state index < -0.39 is 0 Å². The molecule has 2 nitrogen and oxygen atoms in total. The zero-order chi connectivity index (χ0) is 10.7. The maximum absolute atomic E-state index is 5.33. The molecular weight excluding hydrogens is 206 g/mol. The summed E-state index contributed by atoms with van der Waals surface area (Å²) in [5, 5.41) is 3.54. The summed E-state index contributed by atoms with van der Waals surface area (Å²) in [4.78, 5) is 2.92. The molecule has 0 bridgehead atoms. The molecule has 0 saturated carbocycles. The second-order valence-electron chi connectivity index (χ2n) is 4.40. The van der Waals surface area contributed by atoms with Gasteiger partial charge >= 0.3 is 0 Å². The quantitative estimate of drug-likeness (QED) is 0.850. The molecule has 0 unspecified atom stereocenters. The van der Waals surface area contributed by atoms with Crippen molar-refractivity contribution in [2.24, 2.45) is 0 Å². The Labute approximate surface area is 95.6 Å². The summed E-state index contributed by atoms with van der Waals surface area (Å²) in [5.74, 6) is 0.651. The first-order valence-corrected chi connectivity index (χ1v) is 6.47. The minimum Gasteiger partial charge on any atom is -0.380 e. The summed E-state index contributed by atoms with van der Waals surface area (Å²) in [5.41, 5.74) is 0. The third-order valence-corrected chi connectivity index (χ3v) is 4.13. The Morgan fingerprint density at radius 3 is 3.00 bits per heavy atom. The van der Waals surface area contributed by atoms with Gasteiger partial charge in [-0.3, -0.25) is 0 Å².